The van der Waals surface area contributed by atoms with Crippen LogP contribution in [0.5, 0.6) is 0 Å². The summed E-state index contributed by atoms with van der Waals surface area (Å²) in [5.41, 5.74) is 2.13. The van der Waals surface area contributed by atoms with Crippen LogP contribution in [0.3, 0.4) is 0 Å². The molecule has 0 unspecified atom stereocenters. The van der Waals surface area contributed by atoms with E-state index < -0.39 is 17.6 Å². The molecule has 1 aliphatic rings. The molecule has 2 aromatic carbocycles. The largest absolute Gasteiger partial charge is 0.350 e. The Kier molecular flexibility index (Phi) is 4.68. The molecule has 0 radical (unpaired) electrons. The lowest BCUT2D eigenvalue weighted by Gasteiger charge is -2.14. The van der Waals surface area contributed by atoms with Crippen molar-refractivity contribution in [2.24, 2.45) is 0 Å². The number of imide groups is 1. The van der Waals surface area contributed by atoms with Gasteiger partial charge in [0.2, 0.25) is 0 Å². The Morgan fingerprint density at radius 2 is 1.57 bits per heavy atom. The number of nitrogens with one attached hydrogen (secondary N) is 1. The van der Waals surface area contributed by atoms with Gasteiger partial charge < -0.3 is 5.32 Å². The number of hydrogen-bond donors (Lipinski definition) is 1. The Morgan fingerprint density at radius 1 is 0.857 bits per heavy atom. The summed E-state index contributed by atoms with van der Waals surface area (Å²) < 4.78 is 13.4. The second-order valence-corrected chi connectivity index (χ2v) is 6.27. The normalized spacial score (nSPS) is 14.0. The number of aromatic nitrogens is 1. The fraction of sp³-hybridized carbons (Fsp3) is 0.0455. The van der Waals surface area contributed by atoms with Crippen molar-refractivity contribution in [3.05, 3.63) is 102 Å². The molecule has 2 heterocycles. The Hall–Kier alpha value is -3.80. The molecule has 1 aromatic heterocycles. The third-order valence-electron chi connectivity index (χ3n) is 4.39. The van der Waals surface area contributed by atoms with Crippen LogP contribution < -0.4 is 5.32 Å². The Labute approximate surface area is 161 Å². The Balaban J connectivity index is 1.74. The quantitative estimate of drug-likeness (QED) is 0.694. The average molecular weight is 373 g/mol. The number of amides is 2. The zero-order valence-electron chi connectivity index (χ0n) is 14.8. The zero-order valence-corrected chi connectivity index (χ0v) is 14.8. The van der Waals surface area contributed by atoms with E-state index >= 15 is 0 Å². The number of rotatable bonds is 5. The fourth-order valence-electron chi connectivity index (χ4n) is 3.04. The molecule has 138 valence electrons. The van der Waals surface area contributed by atoms with Crippen molar-refractivity contribution in [2.45, 2.75) is 6.54 Å². The number of hydrogen-bond acceptors (Lipinski definition) is 4. The molecular formula is C22H16FN3O2. The highest BCUT2D eigenvalue weighted by atomic mass is 19.1. The lowest BCUT2D eigenvalue weighted by molar-refractivity contribution is -0.137. The average Bonchev–Trinajstić information content (AvgIpc) is 2.95. The molecule has 28 heavy (non-hydrogen) atoms. The maximum atomic E-state index is 13.4. The molecule has 2 amide bonds. The molecule has 1 N–H and O–H groups in total. The molecule has 0 fully saturated rings. The van der Waals surface area contributed by atoms with Crippen LogP contribution in [0.1, 0.15) is 11.3 Å². The summed E-state index contributed by atoms with van der Waals surface area (Å²) in [7, 11) is 0. The SMILES string of the molecule is O=C1C(Nc2ccccc2)=C(c2ccc(F)cc2)C(=O)N1Cc1ccccn1. The van der Waals surface area contributed by atoms with Gasteiger partial charge in [0.15, 0.2) is 0 Å². The lowest BCUT2D eigenvalue weighted by atomic mass is 10.0. The zero-order chi connectivity index (χ0) is 19.5. The van der Waals surface area contributed by atoms with E-state index in [9.17, 15) is 14.0 Å². The van der Waals surface area contributed by atoms with E-state index in [1.54, 1.807) is 36.5 Å². The van der Waals surface area contributed by atoms with Gasteiger partial charge in [0, 0.05) is 11.9 Å². The monoisotopic (exact) mass is 373 g/mol. The second kappa shape index (κ2) is 7.44. The first-order chi connectivity index (χ1) is 13.6. The van der Waals surface area contributed by atoms with Gasteiger partial charge in [0.1, 0.15) is 11.5 Å². The number of para-hydroxylation sites is 1. The summed E-state index contributed by atoms with van der Waals surface area (Å²) in [6.07, 6.45) is 1.61. The summed E-state index contributed by atoms with van der Waals surface area (Å²) in [5, 5.41) is 3.05. The number of halogens is 1. The predicted octanol–water partition coefficient (Wildman–Crippen LogP) is 3.61. The minimum Gasteiger partial charge on any atom is -0.350 e. The van der Waals surface area contributed by atoms with E-state index in [1.807, 2.05) is 18.2 Å². The van der Waals surface area contributed by atoms with Crippen molar-refractivity contribution in [2.75, 3.05) is 5.32 Å². The molecule has 0 saturated carbocycles. The van der Waals surface area contributed by atoms with Gasteiger partial charge in [-0.3, -0.25) is 19.5 Å². The highest BCUT2D eigenvalue weighted by molar-refractivity contribution is 6.36. The number of carbonyl (C=O) groups excluding carboxylic acids is 2. The van der Waals surface area contributed by atoms with Crippen molar-refractivity contribution in [1.29, 1.82) is 0 Å². The summed E-state index contributed by atoms with van der Waals surface area (Å²) in [6, 6.07) is 19.9. The number of nitrogens with zero attached hydrogens (tertiary/aromatic N) is 2. The van der Waals surface area contributed by atoms with Gasteiger partial charge in [-0.25, -0.2) is 4.39 Å². The van der Waals surface area contributed by atoms with Crippen LogP contribution in [-0.4, -0.2) is 21.7 Å². The van der Waals surface area contributed by atoms with Crippen LogP contribution in [0, 0.1) is 5.82 Å². The van der Waals surface area contributed by atoms with Gasteiger partial charge in [0.25, 0.3) is 11.8 Å². The molecule has 0 atom stereocenters. The smallest absolute Gasteiger partial charge is 0.278 e. The van der Waals surface area contributed by atoms with E-state index in [1.165, 1.54) is 24.3 Å². The molecule has 4 rings (SSSR count). The second-order valence-electron chi connectivity index (χ2n) is 6.27. The van der Waals surface area contributed by atoms with Crippen LogP contribution in [0.2, 0.25) is 0 Å². The third-order valence-corrected chi connectivity index (χ3v) is 4.39. The Bertz CT molecular complexity index is 1050. The maximum Gasteiger partial charge on any atom is 0.278 e. The van der Waals surface area contributed by atoms with Gasteiger partial charge >= 0.3 is 0 Å². The van der Waals surface area contributed by atoms with Gasteiger partial charge in [-0.1, -0.05) is 36.4 Å². The summed E-state index contributed by atoms with van der Waals surface area (Å²) in [6.45, 7) is 0.0587. The highest BCUT2D eigenvalue weighted by Gasteiger charge is 2.39. The van der Waals surface area contributed by atoms with E-state index in [4.69, 9.17) is 0 Å². The van der Waals surface area contributed by atoms with E-state index in [0.717, 1.165) is 4.90 Å². The van der Waals surface area contributed by atoms with Crippen molar-refractivity contribution in [1.82, 2.24) is 9.88 Å². The lowest BCUT2D eigenvalue weighted by Crippen LogP contribution is -2.32. The van der Waals surface area contributed by atoms with Crippen molar-refractivity contribution in [3.63, 3.8) is 0 Å². The standard InChI is InChI=1S/C22H16FN3O2/c23-16-11-9-15(10-12-16)19-20(25-17-6-2-1-3-7-17)22(28)26(21(19)27)14-18-8-4-5-13-24-18/h1-13,25H,14H2. The third kappa shape index (κ3) is 3.40. The van der Waals surface area contributed by atoms with Crippen molar-refractivity contribution < 1.29 is 14.0 Å². The molecule has 3 aromatic rings. The number of pyridine rings is 1. The van der Waals surface area contributed by atoms with Crippen molar-refractivity contribution in [3.8, 4) is 0 Å². The number of benzene rings is 2. The van der Waals surface area contributed by atoms with E-state index in [0.29, 0.717) is 16.9 Å². The number of carbonyl (C=O) groups is 2. The summed E-state index contributed by atoms with van der Waals surface area (Å²) >= 11 is 0. The predicted molar refractivity (Wildman–Crippen MR) is 103 cm³/mol. The van der Waals surface area contributed by atoms with Crippen LogP contribution >= 0.6 is 0 Å². The van der Waals surface area contributed by atoms with E-state index in [-0.39, 0.29) is 17.8 Å². The molecular weight excluding hydrogens is 357 g/mol. The van der Waals surface area contributed by atoms with Crippen LogP contribution in [0.25, 0.3) is 5.57 Å². The molecule has 1 aliphatic heterocycles. The van der Waals surface area contributed by atoms with Crippen molar-refractivity contribution >= 4 is 23.1 Å². The van der Waals surface area contributed by atoms with Gasteiger partial charge in [-0.2, -0.15) is 0 Å². The van der Waals surface area contributed by atoms with Crippen LogP contribution in [-0.2, 0) is 16.1 Å². The first-order valence-corrected chi connectivity index (χ1v) is 8.72. The summed E-state index contributed by atoms with van der Waals surface area (Å²) in [5.74, 6) is -1.30. The van der Waals surface area contributed by atoms with E-state index in [2.05, 4.69) is 10.3 Å². The van der Waals surface area contributed by atoms with Crippen LogP contribution in [0.4, 0.5) is 10.1 Å². The maximum absolute atomic E-state index is 13.4. The molecule has 5 nitrogen and oxygen atoms in total. The molecule has 0 bridgehead atoms. The van der Waals surface area contributed by atoms with Gasteiger partial charge in [0.05, 0.1) is 17.8 Å². The summed E-state index contributed by atoms with van der Waals surface area (Å²) in [4.78, 5) is 31.5. The molecule has 0 saturated heterocycles. The minimum atomic E-state index is -0.446. The molecule has 0 aliphatic carbocycles. The van der Waals surface area contributed by atoms with Gasteiger partial charge in [-0.05, 0) is 42.0 Å². The highest BCUT2D eigenvalue weighted by Crippen LogP contribution is 2.31. The first-order valence-electron chi connectivity index (χ1n) is 8.72. The molecule has 6 heteroatoms. The Morgan fingerprint density at radius 3 is 2.25 bits per heavy atom. The minimum absolute atomic E-state index is 0.0587. The first kappa shape index (κ1) is 17.6. The topological polar surface area (TPSA) is 62.3 Å². The fourth-order valence-corrected chi connectivity index (χ4v) is 3.04. The molecule has 0 spiro atoms. The van der Waals surface area contributed by atoms with Gasteiger partial charge in [-0.15, -0.1) is 0 Å². The number of anilines is 1. The van der Waals surface area contributed by atoms with Crippen LogP contribution in [0.15, 0.2) is 84.7 Å².